The third-order valence-electron chi connectivity index (χ3n) is 6.47. The molecule has 1 aliphatic rings. The number of aromatic nitrogens is 2. The summed E-state index contributed by atoms with van der Waals surface area (Å²) in [7, 11) is 0. The van der Waals surface area contributed by atoms with Crippen LogP contribution in [0.5, 0.6) is 0 Å². The summed E-state index contributed by atoms with van der Waals surface area (Å²) in [5.74, 6) is 0.136. The molecule has 0 aliphatic carbocycles. The lowest BCUT2D eigenvalue weighted by Crippen LogP contribution is -2.47. The molecular weight excluding hydrogens is 480 g/mol. The summed E-state index contributed by atoms with van der Waals surface area (Å²) < 4.78 is 1.79. The highest BCUT2D eigenvalue weighted by Gasteiger charge is 2.37. The minimum absolute atomic E-state index is 0.000420. The number of carbonyl (C=O) groups excluding carboxylic acids is 2. The molecule has 2 aromatic carbocycles. The number of imide groups is 1. The Balaban J connectivity index is 1.87. The molecule has 0 radical (unpaired) electrons. The van der Waals surface area contributed by atoms with Gasteiger partial charge in [-0.05, 0) is 68.4 Å². The third-order valence-corrected chi connectivity index (χ3v) is 7.69. The maximum Gasteiger partial charge on any atom is 0.271 e. The molecule has 0 bridgehead atoms. The number of carbonyl (C=O) groups is 2. The summed E-state index contributed by atoms with van der Waals surface area (Å²) in [5, 5.41) is 14.6. The van der Waals surface area contributed by atoms with E-state index in [1.807, 2.05) is 80.3 Å². The zero-order valence-electron chi connectivity index (χ0n) is 21.6. The highest BCUT2D eigenvalue weighted by Crippen LogP contribution is 2.33. The van der Waals surface area contributed by atoms with Crippen molar-refractivity contribution in [2.24, 2.45) is 0 Å². The molecule has 0 saturated carbocycles. The Morgan fingerprint density at radius 3 is 2.38 bits per heavy atom. The first-order chi connectivity index (χ1) is 17.9. The Hall–Kier alpha value is -3.89. The number of benzene rings is 2. The van der Waals surface area contributed by atoms with E-state index >= 15 is 0 Å². The molecule has 7 heteroatoms. The van der Waals surface area contributed by atoms with Crippen molar-refractivity contribution in [3.63, 3.8) is 0 Å². The van der Waals surface area contributed by atoms with Gasteiger partial charge in [-0.1, -0.05) is 44.2 Å². The van der Waals surface area contributed by atoms with E-state index < -0.39 is 5.91 Å². The molecule has 2 amide bonds. The number of amides is 2. The number of nitrogens with zero attached hydrogens (tertiary/aromatic N) is 4. The van der Waals surface area contributed by atoms with Gasteiger partial charge in [0, 0.05) is 33.8 Å². The van der Waals surface area contributed by atoms with Crippen LogP contribution in [0.3, 0.4) is 0 Å². The van der Waals surface area contributed by atoms with Crippen molar-refractivity contribution in [3.8, 4) is 23.0 Å². The molecule has 2 heterocycles. The van der Waals surface area contributed by atoms with Crippen LogP contribution in [0, 0.1) is 11.3 Å². The molecule has 1 atom stereocenters. The van der Waals surface area contributed by atoms with Crippen molar-refractivity contribution in [1.82, 2.24) is 14.7 Å². The van der Waals surface area contributed by atoms with E-state index in [0.717, 1.165) is 34.7 Å². The van der Waals surface area contributed by atoms with Gasteiger partial charge in [0.05, 0.1) is 11.4 Å². The van der Waals surface area contributed by atoms with Crippen LogP contribution in [0.1, 0.15) is 46.1 Å². The summed E-state index contributed by atoms with van der Waals surface area (Å²) in [6, 6.07) is 19.7. The predicted molar refractivity (Wildman–Crippen MR) is 148 cm³/mol. The smallest absolute Gasteiger partial charge is 0.271 e. The summed E-state index contributed by atoms with van der Waals surface area (Å²) in [6.45, 7) is 7.56. The maximum atomic E-state index is 13.5. The molecule has 0 saturated heterocycles. The molecule has 0 fully saturated rings. The molecule has 3 aromatic rings. The average Bonchev–Trinajstić information content (AvgIpc) is 3.34. The van der Waals surface area contributed by atoms with Crippen molar-refractivity contribution in [2.45, 2.75) is 51.5 Å². The van der Waals surface area contributed by atoms with Crippen LogP contribution in [0.15, 0.2) is 82.4 Å². The fraction of sp³-hybridized carbons (Fsp3) is 0.267. The van der Waals surface area contributed by atoms with Crippen molar-refractivity contribution in [3.05, 3.63) is 83.1 Å². The van der Waals surface area contributed by atoms with Gasteiger partial charge in [0.15, 0.2) is 0 Å². The van der Waals surface area contributed by atoms with Gasteiger partial charge in [0.25, 0.3) is 11.8 Å². The summed E-state index contributed by atoms with van der Waals surface area (Å²) in [4.78, 5) is 28.9. The molecule has 1 aromatic heterocycles. The van der Waals surface area contributed by atoms with Gasteiger partial charge in [-0.15, -0.1) is 11.8 Å². The fourth-order valence-electron chi connectivity index (χ4n) is 4.20. The quantitative estimate of drug-likeness (QED) is 0.198. The van der Waals surface area contributed by atoms with Crippen LogP contribution in [0.4, 0.5) is 0 Å². The second-order valence-electron chi connectivity index (χ2n) is 8.99. The molecule has 0 N–H and O–H groups in total. The molecule has 188 valence electrons. The van der Waals surface area contributed by atoms with Crippen LogP contribution < -0.4 is 0 Å². The number of hydrogen-bond acceptors (Lipinski definition) is 5. The van der Waals surface area contributed by atoms with E-state index in [9.17, 15) is 14.9 Å². The van der Waals surface area contributed by atoms with Gasteiger partial charge in [0.2, 0.25) is 0 Å². The molecule has 1 aliphatic heterocycles. The number of para-hydroxylation sites is 1. The van der Waals surface area contributed by atoms with Crippen molar-refractivity contribution < 1.29 is 9.59 Å². The molecule has 37 heavy (non-hydrogen) atoms. The van der Waals surface area contributed by atoms with Crippen LogP contribution in [-0.4, -0.2) is 38.3 Å². The topological polar surface area (TPSA) is 79.0 Å². The lowest BCUT2D eigenvalue weighted by molar-refractivity contribution is -0.142. The number of nitriles is 1. The standard InChI is InChI=1S/C30H30N4O2S/c1-5-16-37-25-14-12-22(13-15-25)28-23(19-33(32-28)24-10-8-7-9-11-24)17-26-21(4)27(18-31)30(36)34(29(26)35)20(3)6-2/h7-15,17,19-20H,5-6,16H2,1-4H3/b26-17+. The lowest BCUT2D eigenvalue weighted by Gasteiger charge is -2.31. The Morgan fingerprint density at radius 2 is 1.76 bits per heavy atom. The van der Waals surface area contributed by atoms with Crippen molar-refractivity contribution >= 4 is 29.7 Å². The number of hydrogen-bond donors (Lipinski definition) is 0. The molecule has 0 spiro atoms. The SMILES string of the molecule is CCCSc1ccc(-c2nn(-c3ccccc3)cc2/C=C2/C(=O)N(C(C)CC)C(=O)C(C#N)=C2C)cc1. The highest BCUT2D eigenvalue weighted by atomic mass is 32.2. The molecular formula is C30H30N4O2S. The van der Waals surface area contributed by atoms with Gasteiger partial charge in [-0.2, -0.15) is 10.4 Å². The van der Waals surface area contributed by atoms with Gasteiger partial charge < -0.3 is 0 Å². The van der Waals surface area contributed by atoms with Crippen LogP contribution in [0.25, 0.3) is 23.0 Å². The molecule has 6 nitrogen and oxygen atoms in total. The minimum atomic E-state index is -0.531. The van der Waals surface area contributed by atoms with E-state index in [0.29, 0.717) is 17.6 Å². The van der Waals surface area contributed by atoms with Gasteiger partial charge in [0.1, 0.15) is 11.6 Å². The van der Waals surface area contributed by atoms with E-state index in [1.54, 1.807) is 17.7 Å². The fourth-order valence-corrected chi connectivity index (χ4v) is 4.97. The van der Waals surface area contributed by atoms with Crippen molar-refractivity contribution in [1.29, 1.82) is 5.26 Å². The predicted octanol–water partition coefficient (Wildman–Crippen LogP) is 6.43. The summed E-state index contributed by atoms with van der Waals surface area (Å²) >= 11 is 1.81. The summed E-state index contributed by atoms with van der Waals surface area (Å²) in [6.07, 6.45) is 5.35. The summed E-state index contributed by atoms with van der Waals surface area (Å²) in [5.41, 5.74) is 3.98. The zero-order chi connectivity index (χ0) is 26.5. The van der Waals surface area contributed by atoms with Gasteiger partial charge in [-0.3, -0.25) is 14.5 Å². The Morgan fingerprint density at radius 1 is 1.05 bits per heavy atom. The Bertz CT molecular complexity index is 1410. The first-order valence-corrected chi connectivity index (χ1v) is 13.5. The Kier molecular flexibility index (Phi) is 8.10. The minimum Gasteiger partial charge on any atom is -0.271 e. The number of thioether (sulfide) groups is 1. The first kappa shape index (κ1) is 26.2. The van der Waals surface area contributed by atoms with E-state index in [1.165, 1.54) is 9.80 Å². The number of rotatable bonds is 8. The molecule has 4 rings (SSSR count). The second-order valence-corrected chi connectivity index (χ2v) is 10.2. The Labute approximate surface area is 222 Å². The van der Waals surface area contributed by atoms with E-state index in [-0.39, 0.29) is 17.5 Å². The van der Waals surface area contributed by atoms with Crippen LogP contribution >= 0.6 is 11.8 Å². The highest BCUT2D eigenvalue weighted by molar-refractivity contribution is 7.99. The van der Waals surface area contributed by atoms with Crippen LogP contribution in [0.2, 0.25) is 0 Å². The second kappa shape index (κ2) is 11.4. The van der Waals surface area contributed by atoms with Crippen LogP contribution in [-0.2, 0) is 9.59 Å². The maximum absolute atomic E-state index is 13.5. The van der Waals surface area contributed by atoms with Gasteiger partial charge in [-0.25, -0.2) is 4.68 Å². The third kappa shape index (κ3) is 5.30. The van der Waals surface area contributed by atoms with Gasteiger partial charge >= 0.3 is 0 Å². The monoisotopic (exact) mass is 510 g/mol. The largest absolute Gasteiger partial charge is 0.271 e. The molecule has 1 unspecified atom stereocenters. The van der Waals surface area contributed by atoms with E-state index in [4.69, 9.17) is 5.10 Å². The average molecular weight is 511 g/mol. The normalized spacial score (nSPS) is 15.9. The lowest BCUT2D eigenvalue weighted by atomic mass is 9.92. The van der Waals surface area contributed by atoms with Crippen molar-refractivity contribution in [2.75, 3.05) is 5.75 Å². The first-order valence-electron chi connectivity index (χ1n) is 12.5. The van der Waals surface area contributed by atoms with E-state index in [2.05, 4.69) is 19.1 Å². The zero-order valence-corrected chi connectivity index (χ0v) is 22.4.